The van der Waals surface area contributed by atoms with Crippen molar-refractivity contribution in [3.05, 3.63) is 35.9 Å². The number of Topliss-reactive ketones (excluding diaryl/α,β-unsaturated/α-hetero) is 1. The van der Waals surface area contributed by atoms with E-state index in [0.717, 1.165) is 10.9 Å². The van der Waals surface area contributed by atoms with Crippen LogP contribution in [0.5, 0.6) is 0 Å². The number of rotatable bonds is 3. The molecule has 0 aromatic carbocycles. The molecule has 0 amide bonds. The molecule has 0 aliphatic rings. The maximum atomic E-state index is 12.9. The molecule has 0 atom stereocenters. The largest absolute Gasteiger partial charge is 0.435 e. The first kappa shape index (κ1) is 14.2. The van der Waals surface area contributed by atoms with Crippen molar-refractivity contribution in [2.24, 2.45) is 5.92 Å². The fourth-order valence-corrected chi connectivity index (χ4v) is 1.59. The highest BCUT2D eigenvalue weighted by atomic mass is 19.4. The summed E-state index contributed by atoms with van der Waals surface area (Å²) >= 11 is 0. The Hall–Kier alpha value is -2.25. The van der Waals surface area contributed by atoms with Crippen LogP contribution >= 0.6 is 0 Å². The van der Waals surface area contributed by atoms with E-state index in [1.807, 2.05) is 0 Å². The van der Waals surface area contributed by atoms with Gasteiger partial charge in [0.15, 0.2) is 11.5 Å². The number of halogens is 3. The summed E-state index contributed by atoms with van der Waals surface area (Å²) in [6.07, 6.45) is -0.942. The third-order valence-corrected chi connectivity index (χ3v) is 2.53. The maximum Gasteiger partial charge on any atom is 0.435 e. The maximum absolute atomic E-state index is 12.9. The third-order valence-electron chi connectivity index (χ3n) is 2.53. The van der Waals surface area contributed by atoms with E-state index in [4.69, 9.17) is 0 Å². The predicted octanol–water partition coefficient (Wildman–Crippen LogP) is 2.52. The Labute approximate surface area is 112 Å². The van der Waals surface area contributed by atoms with Gasteiger partial charge in [0.1, 0.15) is 0 Å². The molecule has 8 heteroatoms. The van der Waals surface area contributed by atoms with Gasteiger partial charge in [-0.05, 0) is 6.07 Å². The Morgan fingerprint density at radius 3 is 2.35 bits per heavy atom. The number of hydrogen-bond donors (Lipinski definition) is 0. The lowest BCUT2D eigenvalue weighted by Crippen LogP contribution is -2.15. The molecule has 5 nitrogen and oxygen atoms in total. The number of aromatic nitrogens is 4. The van der Waals surface area contributed by atoms with Gasteiger partial charge in [-0.2, -0.15) is 18.3 Å². The first-order chi connectivity index (χ1) is 9.30. The minimum absolute atomic E-state index is 0.0270. The lowest BCUT2D eigenvalue weighted by atomic mass is 10.0. The molecule has 0 aliphatic heterocycles. The summed E-state index contributed by atoms with van der Waals surface area (Å²) in [7, 11) is 0. The van der Waals surface area contributed by atoms with E-state index < -0.39 is 29.1 Å². The summed E-state index contributed by atoms with van der Waals surface area (Å²) in [4.78, 5) is 19.5. The van der Waals surface area contributed by atoms with Crippen LogP contribution in [0.25, 0.3) is 5.95 Å². The molecule has 0 saturated carbocycles. The van der Waals surface area contributed by atoms with Crippen LogP contribution < -0.4 is 0 Å². The second kappa shape index (κ2) is 5.03. The van der Waals surface area contributed by atoms with Gasteiger partial charge in [-0.3, -0.25) is 4.79 Å². The first-order valence-corrected chi connectivity index (χ1v) is 5.79. The molecule has 0 N–H and O–H groups in total. The summed E-state index contributed by atoms with van der Waals surface area (Å²) in [6, 6.07) is 1.53. The van der Waals surface area contributed by atoms with Gasteiger partial charge in [0.05, 0.1) is 5.56 Å². The lowest BCUT2D eigenvalue weighted by molar-refractivity contribution is -0.141. The van der Waals surface area contributed by atoms with Gasteiger partial charge in [-0.1, -0.05) is 13.8 Å². The van der Waals surface area contributed by atoms with Crippen LogP contribution in [-0.4, -0.2) is 25.5 Å². The Balaban J connectivity index is 2.56. The van der Waals surface area contributed by atoms with E-state index in [9.17, 15) is 18.0 Å². The Bertz CT molecular complexity index is 619. The molecule has 2 rings (SSSR count). The Kier molecular flexibility index (Phi) is 3.56. The Morgan fingerprint density at radius 2 is 1.85 bits per heavy atom. The highest BCUT2D eigenvalue weighted by Crippen LogP contribution is 2.32. The second-order valence-corrected chi connectivity index (χ2v) is 4.40. The van der Waals surface area contributed by atoms with Gasteiger partial charge >= 0.3 is 6.18 Å². The molecule has 0 spiro atoms. The smallest absolute Gasteiger partial charge is 0.294 e. The molecule has 0 aliphatic carbocycles. The highest BCUT2D eigenvalue weighted by Gasteiger charge is 2.39. The number of ketones is 1. The summed E-state index contributed by atoms with van der Waals surface area (Å²) in [5, 5.41) is 3.40. The zero-order valence-corrected chi connectivity index (χ0v) is 10.7. The number of alkyl halides is 3. The molecule has 2 heterocycles. The molecule has 0 fully saturated rings. The average molecular weight is 284 g/mol. The van der Waals surface area contributed by atoms with Crippen LogP contribution in [0.4, 0.5) is 13.2 Å². The molecule has 106 valence electrons. The SMILES string of the molecule is CC(C)C(=O)c1cn(-c2ncccn2)nc1C(F)(F)F. The topological polar surface area (TPSA) is 60.7 Å². The molecule has 0 radical (unpaired) electrons. The van der Waals surface area contributed by atoms with Crippen LogP contribution in [-0.2, 0) is 6.18 Å². The average Bonchev–Trinajstić information content (AvgIpc) is 2.83. The number of carbonyl (C=O) groups is 1. The quantitative estimate of drug-likeness (QED) is 0.812. The van der Waals surface area contributed by atoms with Crippen molar-refractivity contribution in [1.82, 2.24) is 19.7 Å². The van der Waals surface area contributed by atoms with E-state index in [1.165, 1.54) is 32.3 Å². The van der Waals surface area contributed by atoms with Crippen molar-refractivity contribution >= 4 is 5.78 Å². The molecule has 0 saturated heterocycles. The standard InChI is InChI=1S/C12H11F3N4O/c1-7(2)9(20)8-6-19(11-16-4-3-5-17-11)18-10(8)12(13,14)15/h3-7H,1-2H3. The van der Waals surface area contributed by atoms with Crippen LogP contribution in [0.1, 0.15) is 29.9 Å². The summed E-state index contributed by atoms with van der Waals surface area (Å²) in [6.45, 7) is 3.05. The molecule has 2 aromatic heterocycles. The molecule has 2 aromatic rings. The monoisotopic (exact) mass is 284 g/mol. The normalized spacial score (nSPS) is 11.9. The molecular formula is C12H11F3N4O. The van der Waals surface area contributed by atoms with Gasteiger partial charge in [0, 0.05) is 24.5 Å². The van der Waals surface area contributed by atoms with Crippen molar-refractivity contribution in [2.75, 3.05) is 0 Å². The number of hydrogen-bond acceptors (Lipinski definition) is 4. The summed E-state index contributed by atoms with van der Waals surface area (Å²) in [5.74, 6) is -1.22. The predicted molar refractivity (Wildman–Crippen MR) is 63.3 cm³/mol. The summed E-state index contributed by atoms with van der Waals surface area (Å²) in [5.41, 5.74) is -1.69. The van der Waals surface area contributed by atoms with E-state index >= 15 is 0 Å². The van der Waals surface area contributed by atoms with E-state index in [0.29, 0.717) is 0 Å². The van der Waals surface area contributed by atoms with Crippen molar-refractivity contribution in [3.8, 4) is 5.95 Å². The summed E-state index contributed by atoms with van der Waals surface area (Å²) < 4.78 is 39.7. The van der Waals surface area contributed by atoms with Crippen molar-refractivity contribution < 1.29 is 18.0 Å². The minimum atomic E-state index is -4.71. The van der Waals surface area contributed by atoms with Crippen LogP contribution in [0.3, 0.4) is 0 Å². The molecule has 0 unspecified atom stereocenters. The van der Waals surface area contributed by atoms with Gasteiger partial charge in [-0.25, -0.2) is 14.6 Å². The second-order valence-electron chi connectivity index (χ2n) is 4.40. The van der Waals surface area contributed by atoms with Crippen LogP contribution in [0.15, 0.2) is 24.7 Å². The fraction of sp³-hybridized carbons (Fsp3) is 0.333. The Morgan fingerprint density at radius 1 is 1.25 bits per heavy atom. The van der Waals surface area contributed by atoms with Gasteiger partial charge in [0.25, 0.3) is 0 Å². The zero-order chi connectivity index (χ0) is 14.9. The zero-order valence-electron chi connectivity index (χ0n) is 10.7. The molecule has 20 heavy (non-hydrogen) atoms. The first-order valence-electron chi connectivity index (χ1n) is 5.79. The van der Waals surface area contributed by atoms with Gasteiger partial charge in [-0.15, -0.1) is 0 Å². The van der Waals surface area contributed by atoms with Crippen molar-refractivity contribution in [1.29, 1.82) is 0 Å². The fourth-order valence-electron chi connectivity index (χ4n) is 1.59. The number of nitrogens with zero attached hydrogens (tertiary/aromatic N) is 4. The molecular weight excluding hydrogens is 273 g/mol. The van der Waals surface area contributed by atoms with Crippen LogP contribution in [0.2, 0.25) is 0 Å². The van der Waals surface area contributed by atoms with Gasteiger partial charge < -0.3 is 0 Å². The minimum Gasteiger partial charge on any atom is -0.294 e. The van der Waals surface area contributed by atoms with Crippen LogP contribution in [0, 0.1) is 5.92 Å². The van der Waals surface area contributed by atoms with Crippen molar-refractivity contribution in [2.45, 2.75) is 20.0 Å². The molecule has 0 bridgehead atoms. The number of carbonyl (C=O) groups excluding carboxylic acids is 1. The third kappa shape index (κ3) is 2.68. The van der Waals surface area contributed by atoms with E-state index in [2.05, 4.69) is 15.1 Å². The van der Waals surface area contributed by atoms with Gasteiger partial charge in [0.2, 0.25) is 5.95 Å². The van der Waals surface area contributed by atoms with E-state index in [1.54, 1.807) is 0 Å². The highest BCUT2D eigenvalue weighted by molar-refractivity contribution is 5.98. The van der Waals surface area contributed by atoms with E-state index in [-0.39, 0.29) is 5.95 Å². The van der Waals surface area contributed by atoms with Crippen molar-refractivity contribution in [3.63, 3.8) is 0 Å². The lowest BCUT2D eigenvalue weighted by Gasteiger charge is -2.06.